The van der Waals surface area contributed by atoms with Gasteiger partial charge in [0.05, 0.1) is 5.54 Å². The van der Waals surface area contributed by atoms with Gasteiger partial charge in [-0.05, 0) is 18.9 Å². The van der Waals surface area contributed by atoms with E-state index in [9.17, 15) is 0 Å². The van der Waals surface area contributed by atoms with E-state index in [1.54, 1.807) is 0 Å². The van der Waals surface area contributed by atoms with Crippen LogP contribution < -0.4 is 0 Å². The summed E-state index contributed by atoms with van der Waals surface area (Å²) in [6.45, 7) is 6.98. The van der Waals surface area contributed by atoms with E-state index in [0.717, 1.165) is 6.42 Å². The lowest BCUT2D eigenvalue weighted by Crippen LogP contribution is -2.45. The highest BCUT2D eigenvalue weighted by Crippen LogP contribution is 2.74. The minimum Gasteiger partial charge on any atom is -0.185 e. The normalized spacial score (nSPS) is 49.2. The molecule has 1 fully saturated rings. The van der Waals surface area contributed by atoms with E-state index < -0.39 is 0 Å². The number of hydrogen-bond acceptors (Lipinski definition) is 2. The molecule has 2 aliphatic carbocycles. The summed E-state index contributed by atoms with van der Waals surface area (Å²) in [5, 5.41) is 9.62. The van der Waals surface area contributed by atoms with Crippen LogP contribution in [0.25, 0.3) is 0 Å². The van der Waals surface area contributed by atoms with Crippen LogP contribution in [0.15, 0.2) is 52.7 Å². The maximum atomic E-state index is 4.86. The standard InChI is InChI=1S/C17H20N2/c1-4-15(2)16(3)13-10-11-14(13)17(15,19-18-16)12-8-6-5-7-9-12/h5-11,13-14H,4H2,1-3H3/t13-,14+,15+,16-,17+/m1/s1. The molecule has 0 amide bonds. The van der Waals surface area contributed by atoms with Crippen LogP contribution >= 0.6 is 0 Å². The predicted octanol–water partition coefficient (Wildman–Crippen LogP) is 4.34. The quantitative estimate of drug-likeness (QED) is 0.700. The van der Waals surface area contributed by atoms with Crippen LogP contribution in [-0.2, 0) is 5.54 Å². The first-order chi connectivity index (χ1) is 9.10. The second-order valence-corrected chi connectivity index (χ2v) is 6.60. The van der Waals surface area contributed by atoms with Crippen LogP contribution in [0.5, 0.6) is 0 Å². The van der Waals surface area contributed by atoms with Gasteiger partial charge in [-0.25, -0.2) is 0 Å². The molecule has 3 aliphatic rings. The zero-order valence-electron chi connectivity index (χ0n) is 11.8. The van der Waals surface area contributed by atoms with Crippen LogP contribution in [0.1, 0.15) is 32.8 Å². The van der Waals surface area contributed by atoms with Crippen LogP contribution in [0.4, 0.5) is 0 Å². The van der Waals surface area contributed by atoms with Gasteiger partial charge >= 0.3 is 0 Å². The van der Waals surface area contributed by atoms with Crippen molar-refractivity contribution in [2.45, 2.75) is 38.3 Å². The largest absolute Gasteiger partial charge is 0.185 e. The fourth-order valence-corrected chi connectivity index (χ4v) is 4.82. The first-order valence-electron chi connectivity index (χ1n) is 7.28. The van der Waals surface area contributed by atoms with Crippen molar-refractivity contribution >= 4 is 0 Å². The lowest BCUT2D eigenvalue weighted by molar-refractivity contribution is 0.138. The summed E-state index contributed by atoms with van der Waals surface area (Å²) < 4.78 is 0. The second-order valence-electron chi connectivity index (χ2n) is 6.60. The Labute approximate surface area is 114 Å². The lowest BCUT2D eigenvalue weighted by Gasteiger charge is -2.41. The molecule has 1 heterocycles. The fraction of sp³-hybridized carbons (Fsp3) is 0.529. The van der Waals surface area contributed by atoms with Crippen molar-refractivity contribution < 1.29 is 0 Å². The van der Waals surface area contributed by atoms with E-state index >= 15 is 0 Å². The molecular formula is C17H20N2. The predicted molar refractivity (Wildman–Crippen MR) is 75.9 cm³/mol. The molecule has 1 saturated carbocycles. The summed E-state index contributed by atoms with van der Waals surface area (Å²) in [6.07, 6.45) is 5.82. The first kappa shape index (κ1) is 11.4. The number of hydrogen-bond donors (Lipinski definition) is 0. The third-order valence-corrected chi connectivity index (χ3v) is 6.34. The van der Waals surface area contributed by atoms with Gasteiger partial charge in [-0.1, -0.05) is 56.3 Å². The summed E-state index contributed by atoms with van der Waals surface area (Å²) in [7, 11) is 0. The molecule has 98 valence electrons. The Bertz CT molecular complexity index is 591. The second kappa shape index (κ2) is 3.17. The number of nitrogens with zero attached hydrogens (tertiary/aromatic N) is 2. The van der Waals surface area contributed by atoms with Gasteiger partial charge in [0.1, 0.15) is 5.54 Å². The van der Waals surface area contributed by atoms with Crippen molar-refractivity contribution in [2.75, 3.05) is 0 Å². The minimum absolute atomic E-state index is 0.0307. The third kappa shape index (κ3) is 0.926. The van der Waals surface area contributed by atoms with E-state index in [1.807, 2.05) is 0 Å². The van der Waals surface area contributed by atoms with Crippen LogP contribution in [0.3, 0.4) is 0 Å². The van der Waals surface area contributed by atoms with Crippen molar-refractivity contribution in [3.8, 4) is 0 Å². The summed E-state index contributed by atoms with van der Waals surface area (Å²) >= 11 is 0. The number of azo groups is 1. The molecule has 5 atom stereocenters. The summed E-state index contributed by atoms with van der Waals surface area (Å²) in [5.74, 6) is 1.09. The zero-order valence-corrected chi connectivity index (χ0v) is 11.8. The summed E-state index contributed by atoms with van der Waals surface area (Å²) in [4.78, 5) is 0. The molecule has 2 nitrogen and oxygen atoms in total. The van der Waals surface area contributed by atoms with E-state index in [1.165, 1.54) is 5.56 Å². The molecule has 1 aromatic carbocycles. The van der Waals surface area contributed by atoms with E-state index in [0.29, 0.717) is 11.8 Å². The van der Waals surface area contributed by atoms with Gasteiger partial charge in [0, 0.05) is 17.3 Å². The maximum absolute atomic E-state index is 4.86. The topological polar surface area (TPSA) is 24.7 Å². The van der Waals surface area contributed by atoms with E-state index in [-0.39, 0.29) is 16.5 Å². The number of fused-ring (bicyclic) bond motifs is 5. The minimum atomic E-state index is -0.142. The highest BCUT2D eigenvalue weighted by Gasteiger charge is 2.77. The average molecular weight is 252 g/mol. The molecule has 1 aromatic rings. The van der Waals surface area contributed by atoms with E-state index in [4.69, 9.17) is 10.2 Å². The number of rotatable bonds is 2. The van der Waals surface area contributed by atoms with Crippen LogP contribution in [0, 0.1) is 17.3 Å². The van der Waals surface area contributed by atoms with Gasteiger partial charge in [0.25, 0.3) is 0 Å². The highest BCUT2D eigenvalue weighted by atomic mass is 15.3. The van der Waals surface area contributed by atoms with Crippen molar-refractivity contribution in [1.29, 1.82) is 0 Å². The smallest absolute Gasteiger partial charge is 0.121 e. The SMILES string of the molecule is CC[C@@]1(C)[C@]2(C)N=N[C@@]1(c1ccccc1)[C@H]1C=C[C@H]12. The third-order valence-electron chi connectivity index (χ3n) is 6.34. The maximum Gasteiger partial charge on any atom is 0.121 e. The van der Waals surface area contributed by atoms with Gasteiger partial charge in [-0.3, -0.25) is 0 Å². The van der Waals surface area contributed by atoms with Crippen molar-refractivity contribution in [3.05, 3.63) is 48.0 Å². The van der Waals surface area contributed by atoms with Gasteiger partial charge in [0.15, 0.2) is 0 Å². The Kier molecular flexibility index (Phi) is 1.90. The van der Waals surface area contributed by atoms with Crippen LogP contribution in [0.2, 0.25) is 0 Å². The Morgan fingerprint density at radius 3 is 2.26 bits per heavy atom. The van der Waals surface area contributed by atoms with Gasteiger partial charge in [-0.15, -0.1) is 0 Å². The number of benzene rings is 1. The average Bonchev–Trinajstić information content (AvgIpc) is 2.67. The molecule has 0 unspecified atom stereocenters. The Morgan fingerprint density at radius 1 is 1.00 bits per heavy atom. The van der Waals surface area contributed by atoms with Gasteiger partial charge < -0.3 is 0 Å². The summed E-state index contributed by atoms with van der Waals surface area (Å²) in [5.41, 5.74) is 1.28. The molecular weight excluding hydrogens is 232 g/mol. The molecule has 0 N–H and O–H groups in total. The van der Waals surface area contributed by atoms with Crippen molar-refractivity contribution in [3.63, 3.8) is 0 Å². The molecule has 0 radical (unpaired) electrons. The fourth-order valence-electron chi connectivity index (χ4n) is 4.82. The molecule has 19 heavy (non-hydrogen) atoms. The molecule has 2 heteroatoms. The molecule has 2 bridgehead atoms. The Balaban J connectivity index is 2.00. The van der Waals surface area contributed by atoms with Crippen molar-refractivity contribution in [2.24, 2.45) is 27.5 Å². The summed E-state index contributed by atoms with van der Waals surface area (Å²) in [6, 6.07) is 10.8. The Hall–Kier alpha value is -1.44. The molecule has 4 rings (SSSR count). The monoisotopic (exact) mass is 252 g/mol. The van der Waals surface area contributed by atoms with Gasteiger partial charge in [-0.2, -0.15) is 10.2 Å². The van der Waals surface area contributed by atoms with E-state index in [2.05, 4.69) is 63.3 Å². The molecule has 0 spiro atoms. The Morgan fingerprint density at radius 2 is 1.68 bits per heavy atom. The molecule has 1 aliphatic heterocycles. The van der Waals surface area contributed by atoms with Crippen LogP contribution in [-0.4, -0.2) is 5.54 Å². The van der Waals surface area contributed by atoms with Gasteiger partial charge in [0.2, 0.25) is 0 Å². The highest BCUT2D eigenvalue weighted by molar-refractivity contribution is 5.45. The first-order valence-corrected chi connectivity index (χ1v) is 7.28. The molecule has 0 saturated heterocycles. The lowest BCUT2D eigenvalue weighted by atomic mass is 9.62. The van der Waals surface area contributed by atoms with Crippen molar-refractivity contribution in [1.82, 2.24) is 0 Å². The molecule has 0 aromatic heterocycles. The zero-order chi connectivity index (χ0) is 13.3.